The zero-order valence-electron chi connectivity index (χ0n) is 13.8. The van der Waals surface area contributed by atoms with Crippen molar-refractivity contribution < 1.29 is 14.4 Å². The van der Waals surface area contributed by atoms with E-state index in [1.165, 1.54) is 0 Å². The Kier molecular flexibility index (Phi) is 7.74. The molecule has 0 saturated heterocycles. The van der Waals surface area contributed by atoms with E-state index in [4.69, 9.17) is 0 Å². The van der Waals surface area contributed by atoms with Gasteiger partial charge in [-0.3, -0.25) is 0 Å². The van der Waals surface area contributed by atoms with Gasteiger partial charge in [0.1, 0.15) is 18.9 Å². The molecular weight excluding hydrogens is 292 g/mol. The van der Waals surface area contributed by atoms with Crippen molar-refractivity contribution in [2.45, 2.75) is 31.7 Å². The van der Waals surface area contributed by atoms with Crippen LogP contribution in [0.3, 0.4) is 0 Å². The third-order valence-electron chi connectivity index (χ3n) is 3.87. The Hall–Kier alpha value is -2.43. The van der Waals surface area contributed by atoms with Gasteiger partial charge >= 0.3 is 0 Å². The Morgan fingerprint density at radius 1 is 1.13 bits per heavy atom. The first-order chi connectivity index (χ1) is 11.1. The van der Waals surface area contributed by atoms with Crippen LogP contribution in [0.25, 0.3) is 0 Å². The number of hydrogen-bond donors (Lipinski definition) is 0. The van der Waals surface area contributed by atoms with Gasteiger partial charge in [0.15, 0.2) is 0 Å². The highest BCUT2D eigenvalue weighted by Crippen LogP contribution is 2.34. The van der Waals surface area contributed by atoms with E-state index in [0.717, 1.165) is 35.8 Å². The van der Waals surface area contributed by atoms with E-state index in [-0.39, 0.29) is 6.04 Å². The molecule has 0 amide bonds. The average molecular weight is 316 g/mol. The molecule has 1 rings (SSSR count). The quantitative estimate of drug-likeness (QED) is 0.587. The lowest BCUT2D eigenvalue weighted by Gasteiger charge is -2.31. The summed E-state index contributed by atoms with van der Waals surface area (Å²) in [6.45, 7) is 3.80. The van der Waals surface area contributed by atoms with Crippen molar-refractivity contribution in [3.8, 4) is 0 Å². The molecule has 0 N–H and O–H groups in total. The van der Waals surface area contributed by atoms with Gasteiger partial charge in [-0.2, -0.15) is 0 Å². The average Bonchev–Trinajstić information content (AvgIpc) is 2.59. The van der Waals surface area contributed by atoms with Crippen molar-refractivity contribution in [1.82, 2.24) is 0 Å². The summed E-state index contributed by atoms with van der Waals surface area (Å²) in [5, 5.41) is 0. The maximum atomic E-state index is 11.4. The van der Waals surface area contributed by atoms with Crippen LogP contribution >= 0.6 is 0 Å². The highest BCUT2D eigenvalue weighted by molar-refractivity contribution is 5.79. The number of hydrogen-bond acceptors (Lipinski definition) is 5. The van der Waals surface area contributed by atoms with Crippen molar-refractivity contribution in [3.05, 3.63) is 36.5 Å². The number of anilines is 2. The Morgan fingerprint density at radius 2 is 1.83 bits per heavy atom. The fraction of sp³-hybridized carbons (Fsp3) is 0.389. The molecule has 0 bridgehead atoms. The number of likely N-dealkylation sites (N-methyl/N-ethyl adjacent to an activating group) is 1. The molecule has 0 spiro atoms. The van der Waals surface area contributed by atoms with Gasteiger partial charge in [-0.25, -0.2) is 0 Å². The van der Waals surface area contributed by atoms with Crippen molar-refractivity contribution >= 4 is 30.2 Å². The van der Waals surface area contributed by atoms with Crippen molar-refractivity contribution in [2.24, 2.45) is 0 Å². The maximum Gasteiger partial charge on any atom is 0.142 e. The second-order valence-electron chi connectivity index (χ2n) is 5.34. The summed E-state index contributed by atoms with van der Waals surface area (Å²) < 4.78 is 0. The standard InChI is InChI=1S/C18H24N2O3/c1-4-19(2)18-15(9-6-12-21)8-5-11-17(18)20(3)16(14-23)10-7-13-22/h4-5,8,11-14,16H,1,6-7,9-10H2,2-3H3. The van der Waals surface area contributed by atoms with Gasteiger partial charge in [-0.05, 0) is 30.7 Å². The highest BCUT2D eigenvalue weighted by Gasteiger charge is 2.20. The Balaban J connectivity index is 3.26. The monoisotopic (exact) mass is 316 g/mol. The smallest absolute Gasteiger partial charge is 0.142 e. The van der Waals surface area contributed by atoms with Gasteiger partial charge in [0.25, 0.3) is 0 Å². The first-order valence-electron chi connectivity index (χ1n) is 7.63. The van der Waals surface area contributed by atoms with E-state index in [1.807, 2.05) is 42.1 Å². The summed E-state index contributed by atoms with van der Waals surface area (Å²) >= 11 is 0. The molecule has 0 aromatic heterocycles. The zero-order chi connectivity index (χ0) is 17.2. The molecule has 0 fully saturated rings. The van der Waals surface area contributed by atoms with Gasteiger partial charge in [0.2, 0.25) is 0 Å². The number of nitrogens with zero attached hydrogens (tertiary/aromatic N) is 2. The number of rotatable bonds is 11. The van der Waals surface area contributed by atoms with Crippen LogP contribution in [0.2, 0.25) is 0 Å². The topological polar surface area (TPSA) is 57.7 Å². The third-order valence-corrected chi connectivity index (χ3v) is 3.87. The van der Waals surface area contributed by atoms with Gasteiger partial charge < -0.3 is 24.2 Å². The summed E-state index contributed by atoms with van der Waals surface area (Å²) in [6.07, 6.45) is 6.14. The van der Waals surface area contributed by atoms with E-state index >= 15 is 0 Å². The molecular formula is C18H24N2O3. The zero-order valence-corrected chi connectivity index (χ0v) is 13.8. The Labute approximate surface area is 137 Å². The van der Waals surface area contributed by atoms with E-state index in [9.17, 15) is 14.4 Å². The fourth-order valence-corrected chi connectivity index (χ4v) is 2.55. The second kappa shape index (κ2) is 9.56. The number of aryl methyl sites for hydroxylation is 1. The first-order valence-corrected chi connectivity index (χ1v) is 7.63. The number of benzene rings is 1. The Morgan fingerprint density at radius 3 is 2.39 bits per heavy atom. The molecule has 124 valence electrons. The van der Waals surface area contributed by atoms with E-state index in [1.54, 1.807) is 6.20 Å². The van der Waals surface area contributed by atoms with Crippen molar-refractivity contribution in [2.75, 3.05) is 23.9 Å². The molecule has 0 saturated carbocycles. The number of para-hydroxylation sites is 1. The van der Waals surface area contributed by atoms with Crippen LogP contribution < -0.4 is 9.80 Å². The van der Waals surface area contributed by atoms with Crippen LogP contribution in [0.5, 0.6) is 0 Å². The molecule has 1 unspecified atom stereocenters. The van der Waals surface area contributed by atoms with Gasteiger partial charge in [-0.15, -0.1) is 0 Å². The molecule has 0 radical (unpaired) electrons. The molecule has 5 heteroatoms. The van der Waals surface area contributed by atoms with Gasteiger partial charge in [-0.1, -0.05) is 18.7 Å². The second-order valence-corrected chi connectivity index (χ2v) is 5.34. The molecule has 5 nitrogen and oxygen atoms in total. The molecule has 0 aliphatic heterocycles. The lowest BCUT2D eigenvalue weighted by atomic mass is 10.0. The fourth-order valence-electron chi connectivity index (χ4n) is 2.55. The summed E-state index contributed by atoms with van der Waals surface area (Å²) in [4.78, 5) is 36.4. The summed E-state index contributed by atoms with van der Waals surface area (Å²) in [5.41, 5.74) is 2.81. The van der Waals surface area contributed by atoms with Crippen LogP contribution in [0.1, 0.15) is 24.8 Å². The number of carbonyl (C=O) groups is 3. The minimum Gasteiger partial charge on any atom is -0.363 e. The minimum absolute atomic E-state index is 0.339. The SMILES string of the molecule is C=CN(C)c1c(CCC=O)cccc1N(C)C(C=O)CCC=O. The molecule has 0 heterocycles. The van der Waals surface area contributed by atoms with E-state index in [0.29, 0.717) is 25.7 Å². The van der Waals surface area contributed by atoms with Crippen LogP contribution in [0, 0.1) is 0 Å². The normalized spacial score (nSPS) is 11.4. The summed E-state index contributed by atoms with van der Waals surface area (Å²) in [7, 11) is 3.72. The van der Waals surface area contributed by atoms with Gasteiger partial charge in [0, 0.05) is 26.9 Å². The van der Waals surface area contributed by atoms with Gasteiger partial charge in [0.05, 0.1) is 17.4 Å². The third kappa shape index (κ3) is 4.77. The van der Waals surface area contributed by atoms with E-state index in [2.05, 4.69) is 6.58 Å². The van der Waals surface area contributed by atoms with Crippen LogP contribution in [0.15, 0.2) is 31.0 Å². The molecule has 23 heavy (non-hydrogen) atoms. The van der Waals surface area contributed by atoms with Crippen LogP contribution in [0.4, 0.5) is 11.4 Å². The highest BCUT2D eigenvalue weighted by atomic mass is 16.1. The molecule has 0 aliphatic carbocycles. The maximum absolute atomic E-state index is 11.4. The molecule has 1 aromatic carbocycles. The summed E-state index contributed by atoms with van der Waals surface area (Å²) in [5.74, 6) is 0. The lowest BCUT2D eigenvalue weighted by Crippen LogP contribution is -2.34. The molecule has 1 atom stereocenters. The predicted octanol–water partition coefficient (Wildman–Crippen LogP) is 2.38. The van der Waals surface area contributed by atoms with E-state index < -0.39 is 0 Å². The number of carbonyl (C=O) groups excluding carboxylic acids is 3. The number of aldehydes is 3. The summed E-state index contributed by atoms with van der Waals surface area (Å²) in [6, 6.07) is 5.43. The van der Waals surface area contributed by atoms with Crippen molar-refractivity contribution in [3.63, 3.8) is 0 Å². The lowest BCUT2D eigenvalue weighted by molar-refractivity contribution is -0.110. The minimum atomic E-state index is -0.376. The molecule has 0 aliphatic rings. The largest absolute Gasteiger partial charge is 0.363 e. The molecule has 1 aromatic rings. The van der Waals surface area contributed by atoms with Crippen molar-refractivity contribution in [1.29, 1.82) is 0 Å². The van der Waals surface area contributed by atoms with Crippen LogP contribution in [-0.4, -0.2) is 39.0 Å². The van der Waals surface area contributed by atoms with Crippen LogP contribution in [-0.2, 0) is 20.8 Å². The first kappa shape index (κ1) is 18.6. The Bertz CT molecular complexity index is 557. The predicted molar refractivity (Wildman–Crippen MR) is 93.0 cm³/mol.